The molecule has 0 atom stereocenters. The van der Waals surface area contributed by atoms with Gasteiger partial charge in [-0.25, -0.2) is 4.98 Å². The molecular formula is C21H13ClF3N3O3S. The summed E-state index contributed by atoms with van der Waals surface area (Å²) in [6, 6.07) is 9.95. The zero-order valence-corrected chi connectivity index (χ0v) is 17.8. The molecule has 0 saturated heterocycles. The van der Waals surface area contributed by atoms with Gasteiger partial charge >= 0.3 is 6.18 Å². The first kappa shape index (κ1) is 21.8. The summed E-state index contributed by atoms with van der Waals surface area (Å²) < 4.78 is 45.7. The minimum Gasteiger partial charge on any atom is -0.497 e. The lowest BCUT2D eigenvalue weighted by Gasteiger charge is -2.12. The van der Waals surface area contributed by atoms with E-state index in [0.29, 0.717) is 28.0 Å². The van der Waals surface area contributed by atoms with Crippen molar-refractivity contribution in [2.24, 2.45) is 0 Å². The second-order valence-electron chi connectivity index (χ2n) is 6.59. The van der Waals surface area contributed by atoms with E-state index < -0.39 is 28.2 Å². The Balaban J connectivity index is 1.73. The number of alkyl halides is 3. The zero-order valence-electron chi connectivity index (χ0n) is 16.2. The van der Waals surface area contributed by atoms with Crippen LogP contribution < -0.4 is 15.6 Å². The van der Waals surface area contributed by atoms with Crippen molar-refractivity contribution in [1.29, 1.82) is 0 Å². The number of fused-ring (bicyclic) bond motifs is 1. The van der Waals surface area contributed by atoms with E-state index in [1.807, 2.05) is 0 Å². The molecule has 1 N–H and O–H groups in total. The maximum Gasteiger partial charge on any atom is 0.417 e. The molecule has 0 radical (unpaired) electrons. The van der Waals surface area contributed by atoms with Crippen molar-refractivity contribution in [2.45, 2.75) is 6.18 Å². The molecule has 4 aromatic rings. The van der Waals surface area contributed by atoms with Gasteiger partial charge in [0, 0.05) is 22.8 Å². The lowest BCUT2D eigenvalue weighted by atomic mass is 10.1. The van der Waals surface area contributed by atoms with E-state index in [1.165, 1.54) is 28.9 Å². The summed E-state index contributed by atoms with van der Waals surface area (Å²) >= 11 is 6.81. The highest BCUT2D eigenvalue weighted by Crippen LogP contribution is 2.36. The van der Waals surface area contributed by atoms with Gasteiger partial charge in [-0.3, -0.25) is 14.0 Å². The largest absolute Gasteiger partial charge is 0.497 e. The quantitative estimate of drug-likeness (QED) is 0.428. The molecule has 2 aromatic carbocycles. The van der Waals surface area contributed by atoms with E-state index in [2.05, 4.69) is 10.3 Å². The van der Waals surface area contributed by atoms with Crippen LogP contribution in [0.4, 0.5) is 18.9 Å². The third kappa shape index (κ3) is 4.06. The predicted octanol–water partition coefficient (Wildman–Crippen LogP) is 5.36. The molecule has 0 fully saturated rings. The first-order valence-corrected chi connectivity index (χ1v) is 10.3. The standard InChI is InChI=1S/C21H13ClF3N3O3S/c1-31-13-4-2-3-11(7-13)17-10-32-20-26-9-14(19(30)28(17)20)18(29)27-12-5-6-16(22)15(8-12)21(23,24)25/h2-10H,1H3,(H,27,29). The van der Waals surface area contributed by atoms with Gasteiger partial charge in [-0.2, -0.15) is 13.2 Å². The Hall–Kier alpha value is -3.37. The second kappa shape index (κ2) is 8.29. The highest BCUT2D eigenvalue weighted by atomic mass is 35.5. The Morgan fingerprint density at radius 1 is 1.22 bits per heavy atom. The van der Waals surface area contributed by atoms with E-state index in [-0.39, 0.29) is 11.3 Å². The van der Waals surface area contributed by atoms with Gasteiger partial charge in [0.2, 0.25) is 0 Å². The fourth-order valence-corrected chi connectivity index (χ4v) is 4.13. The van der Waals surface area contributed by atoms with Crippen LogP contribution in [0.1, 0.15) is 15.9 Å². The Kier molecular flexibility index (Phi) is 5.66. The van der Waals surface area contributed by atoms with Crippen molar-refractivity contribution in [1.82, 2.24) is 9.38 Å². The molecule has 0 aliphatic heterocycles. The van der Waals surface area contributed by atoms with Gasteiger partial charge in [0.15, 0.2) is 4.96 Å². The minimum atomic E-state index is -4.69. The molecule has 164 valence electrons. The van der Waals surface area contributed by atoms with Crippen LogP contribution >= 0.6 is 22.9 Å². The van der Waals surface area contributed by atoms with Gasteiger partial charge in [0.05, 0.1) is 23.4 Å². The van der Waals surface area contributed by atoms with Gasteiger partial charge in [-0.15, -0.1) is 11.3 Å². The van der Waals surface area contributed by atoms with Crippen LogP contribution in [0, 0.1) is 0 Å². The summed E-state index contributed by atoms with van der Waals surface area (Å²) in [5.74, 6) is -0.310. The second-order valence-corrected chi connectivity index (χ2v) is 7.84. The number of hydrogen-bond donors (Lipinski definition) is 1. The molecule has 2 aromatic heterocycles. The van der Waals surface area contributed by atoms with E-state index in [9.17, 15) is 22.8 Å². The van der Waals surface area contributed by atoms with Gasteiger partial charge in [0.25, 0.3) is 11.5 Å². The lowest BCUT2D eigenvalue weighted by molar-refractivity contribution is -0.137. The van der Waals surface area contributed by atoms with E-state index in [1.54, 1.807) is 29.6 Å². The number of ether oxygens (including phenoxy) is 1. The van der Waals surface area contributed by atoms with Gasteiger partial charge in [-0.05, 0) is 30.3 Å². The number of aromatic nitrogens is 2. The number of hydrogen-bond acceptors (Lipinski definition) is 5. The number of amides is 1. The maximum atomic E-state index is 13.1. The molecule has 4 rings (SSSR count). The Morgan fingerprint density at radius 2 is 2.00 bits per heavy atom. The molecule has 0 saturated carbocycles. The molecule has 0 aliphatic rings. The van der Waals surface area contributed by atoms with Crippen molar-refractivity contribution in [3.8, 4) is 17.0 Å². The molecule has 0 unspecified atom stereocenters. The van der Waals surface area contributed by atoms with Gasteiger partial charge < -0.3 is 10.1 Å². The molecule has 6 nitrogen and oxygen atoms in total. The van der Waals surface area contributed by atoms with Crippen molar-refractivity contribution < 1.29 is 22.7 Å². The van der Waals surface area contributed by atoms with Gasteiger partial charge in [0.1, 0.15) is 11.3 Å². The van der Waals surface area contributed by atoms with Crippen LogP contribution in [0.15, 0.2) is 58.8 Å². The highest BCUT2D eigenvalue weighted by Gasteiger charge is 2.33. The lowest BCUT2D eigenvalue weighted by Crippen LogP contribution is -2.26. The number of benzene rings is 2. The molecular weight excluding hydrogens is 467 g/mol. The Morgan fingerprint density at radius 3 is 2.72 bits per heavy atom. The van der Waals surface area contributed by atoms with Gasteiger partial charge in [-0.1, -0.05) is 23.7 Å². The van der Waals surface area contributed by atoms with Crippen LogP contribution in [-0.2, 0) is 6.18 Å². The van der Waals surface area contributed by atoms with Crippen LogP contribution in [0.2, 0.25) is 5.02 Å². The van der Waals surface area contributed by atoms with Crippen molar-refractivity contribution >= 4 is 39.5 Å². The average Bonchev–Trinajstić information content (AvgIpc) is 3.19. The number of nitrogens with zero attached hydrogens (tertiary/aromatic N) is 2. The average molecular weight is 480 g/mol. The Labute approximate surface area is 187 Å². The predicted molar refractivity (Wildman–Crippen MR) is 116 cm³/mol. The summed E-state index contributed by atoms with van der Waals surface area (Å²) in [6.45, 7) is 0. The number of carbonyl (C=O) groups excluding carboxylic acids is 1. The van der Waals surface area contributed by atoms with Crippen molar-refractivity contribution in [2.75, 3.05) is 12.4 Å². The maximum absolute atomic E-state index is 13.1. The number of methoxy groups -OCH3 is 1. The van der Waals surface area contributed by atoms with Crippen molar-refractivity contribution in [3.05, 3.63) is 80.5 Å². The smallest absolute Gasteiger partial charge is 0.417 e. The first-order valence-electron chi connectivity index (χ1n) is 9.01. The number of carbonyl (C=O) groups is 1. The summed E-state index contributed by atoms with van der Waals surface area (Å²) in [7, 11) is 1.52. The molecule has 1 amide bonds. The molecule has 0 aliphatic carbocycles. The summed E-state index contributed by atoms with van der Waals surface area (Å²) in [5, 5.41) is 3.52. The van der Waals surface area contributed by atoms with Crippen molar-refractivity contribution in [3.63, 3.8) is 0 Å². The van der Waals surface area contributed by atoms with Crippen LogP contribution in [0.25, 0.3) is 16.2 Å². The zero-order chi connectivity index (χ0) is 23.0. The summed E-state index contributed by atoms with van der Waals surface area (Å²) in [4.78, 5) is 30.3. The van der Waals surface area contributed by atoms with Crippen LogP contribution in [0.3, 0.4) is 0 Å². The fourth-order valence-electron chi connectivity index (χ4n) is 3.05. The van der Waals surface area contributed by atoms with Crippen LogP contribution in [0.5, 0.6) is 5.75 Å². The van der Waals surface area contributed by atoms with Crippen LogP contribution in [-0.4, -0.2) is 22.4 Å². The molecule has 2 heterocycles. The Bertz CT molecular complexity index is 1400. The monoisotopic (exact) mass is 479 g/mol. The SMILES string of the molecule is COc1cccc(-c2csc3ncc(C(=O)Nc4ccc(Cl)c(C(F)(F)F)c4)c(=O)n23)c1. The number of rotatable bonds is 4. The number of thiazole rings is 1. The summed E-state index contributed by atoms with van der Waals surface area (Å²) in [5.41, 5.74) is -1.06. The van der Waals surface area contributed by atoms with E-state index >= 15 is 0 Å². The number of nitrogens with one attached hydrogen (secondary N) is 1. The first-order chi connectivity index (χ1) is 15.2. The normalized spacial score (nSPS) is 11.5. The molecule has 32 heavy (non-hydrogen) atoms. The van der Waals surface area contributed by atoms with E-state index in [0.717, 1.165) is 12.3 Å². The summed E-state index contributed by atoms with van der Waals surface area (Å²) in [6.07, 6.45) is -3.60. The minimum absolute atomic E-state index is 0.158. The topological polar surface area (TPSA) is 72.7 Å². The number of anilines is 1. The third-order valence-electron chi connectivity index (χ3n) is 4.59. The molecule has 0 spiro atoms. The highest BCUT2D eigenvalue weighted by molar-refractivity contribution is 7.15. The third-order valence-corrected chi connectivity index (χ3v) is 5.76. The molecule has 0 bridgehead atoms. The fraction of sp³-hybridized carbons (Fsp3) is 0.0952. The number of halogens is 4. The van der Waals surface area contributed by atoms with E-state index in [4.69, 9.17) is 16.3 Å². The molecule has 11 heteroatoms.